The van der Waals surface area contributed by atoms with Gasteiger partial charge in [-0.3, -0.25) is 4.94 Å². The Morgan fingerprint density at radius 3 is 2.48 bits per heavy atom. The van der Waals surface area contributed by atoms with Crippen LogP contribution in [0.15, 0.2) is 46.4 Å². The average molecular weight is 474 g/mol. The van der Waals surface area contributed by atoms with Crippen molar-refractivity contribution in [1.29, 1.82) is 0 Å². The molecule has 31 heavy (non-hydrogen) atoms. The molecule has 7 nitrogen and oxygen atoms in total. The van der Waals surface area contributed by atoms with Gasteiger partial charge in [-0.1, -0.05) is 23.9 Å². The molecule has 0 saturated carbocycles. The number of thioether (sulfide) groups is 1. The number of alkyl halides is 3. The lowest BCUT2D eigenvalue weighted by Gasteiger charge is -2.09. The molecule has 0 fully saturated rings. The number of thiazole rings is 1. The van der Waals surface area contributed by atoms with Gasteiger partial charge in [0.2, 0.25) is 5.95 Å². The molecule has 2 aromatic heterocycles. The minimum absolute atomic E-state index is 0.153. The van der Waals surface area contributed by atoms with Gasteiger partial charge in [0, 0.05) is 40.8 Å². The normalized spacial score (nSPS) is 11.2. The van der Waals surface area contributed by atoms with E-state index in [1.165, 1.54) is 35.6 Å². The molecule has 3 rings (SSSR count). The van der Waals surface area contributed by atoms with Crippen LogP contribution in [0.2, 0.25) is 0 Å². The van der Waals surface area contributed by atoms with Crippen LogP contribution in [0.3, 0.4) is 0 Å². The minimum Gasteiger partial charge on any atom is -0.406 e. The Kier molecular flexibility index (Phi) is 7.63. The third-order valence-electron chi connectivity index (χ3n) is 3.67. The van der Waals surface area contributed by atoms with Crippen molar-refractivity contribution in [3.05, 3.63) is 47.7 Å². The van der Waals surface area contributed by atoms with E-state index in [1.807, 2.05) is 5.38 Å². The van der Waals surface area contributed by atoms with Crippen LogP contribution >= 0.6 is 23.1 Å². The predicted molar refractivity (Wildman–Crippen MR) is 106 cm³/mol. The van der Waals surface area contributed by atoms with Gasteiger partial charge in [0.05, 0.1) is 5.69 Å². The largest absolute Gasteiger partial charge is 0.573 e. The summed E-state index contributed by atoms with van der Waals surface area (Å²) in [5.41, 5.74) is 2.08. The van der Waals surface area contributed by atoms with Crippen LogP contribution in [-0.2, 0) is 16.2 Å². The Balaban J connectivity index is 1.48. The summed E-state index contributed by atoms with van der Waals surface area (Å²) >= 11 is 2.43. The lowest BCUT2D eigenvalue weighted by Crippen LogP contribution is -2.16. The molecule has 0 atom stereocenters. The highest BCUT2D eigenvalue weighted by Gasteiger charge is 2.30. The lowest BCUT2D eigenvalue weighted by atomic mass is 10.1. The molecule has 3 aromatic rings. The highest BCUT2D eigenvalue weighted by molar-refractivity contribution is 8.01. The number of hydrogen-bond acceptors (Lipinski definition) is 9. The monoisotopic (exact) mass is 474 g/mol. The number of ether oxygens (including phenoxy) is 1. The van der Waals surface area contributed by atoms with Crippen molar-refractivity contribution in [2.24, 2.45) is 0 Å². The summed E-state index contributed by atoms with van der Waals surface area (Å²) in [6.45, 7) is 0.503. The van der Waals surface area contributed by atoms with Gasteiger partial charge < -0.3 is 10.1 Å². The van der Waals surface area contributed by atoms with E-state index in [-0.39, 0.29) is 11.5 Å². The second-order valence-corrected chi connectivity index (χ2v) is 7.97. The Morgan fingerprint density at radius 1 is 1.13 bits per heavy atom. The molecule has 0 saturated heterocycles. The zero-order valence-corrected chi connectivity index (χ0v) is 17.2. The molecule has 0 aliphatic carbocycles. The van der Waals surface area contributed by atoms with Crippen LogP contribution in [0.25, 0.3) is 11.1 Å². The average Bonchev–Trinajstić information content (AvgIpc) is 3.20. The molecule has 0 spiro atoms. The van der Waals surface area contributed by atoms with E-state index in [1.54, 1.807) is 12.4 Å². The number of anilines is 1. The maximum absolute atomic E-state index is 12.2. The first-order valence-electron chi connectivity index (χ1n) is 8.63. The van der Waals surface area contributed by atoms with Crippen molar-refractivity contribution in [2.75, 3.05) is 17.6 Å². The predicted octanol–water partition coefficient (Wildman–Crippen LogP) is 4.67. The van der Waals surface area contributed by atoms with Crippen molar-refractivity contribution < 1.29 is 32.2 Å². The molecule has 0 bridgehead atoms. The van der Waals surface area contributed by atoms with Crippen LogP contribution in [0.5, 0.6) is 5.75 Å². The van der Waals surface area contributed by atoms with Gasteiger partial charge in [0.25, 0.3) is 0 Å². The number of halogens is 4. The van der Waals surface area contributed by atoms with Crippen molar-refractivity contribution in [1.82, 2.24) is 15.0 Å². The molecule has 0 aliphatic heterocycles. The molecular formula is C18H14F4N4O3S2. The third kappa shape index (κ3) is 7.36. The fourth-order valence-corrected chi connectivity index (χ4v) is 3.97. The Hall–Kier alpha value is -2.93. The zero-order valence-electron chi connectivity index (χ0n) is 15.6. The second kappa shape index (κ2) is 10.4. The number of carbonyl (C=O) groups excluding carboxylic acids is 1. The van der Waals surface area contributed by atoms with Crippen molar-refractivity contribution in [2.45, 2.75) is 17.1 Å². The van der Waals surface area contributed by atoms with Gasteiger partial charge in [-0.2, -0.15) is 0 Å². The number of aromatic nitrogens is 3. The number of rotatable bonds is 9. The van der Waals surface area contributed by atoms with Crippen LogP contribution in [0.1, 0.15) is 5.69 Å². The summed E-state index contributed by atoms with van der Waals surface area (Å²) in [5, 5.41) is 4.88. The Morgan fingerprint density at radius 2 is 1.84 bits per heavy atom. The van der Waals surface area contributed by atoms with Crippen LogP contribution in [-0.4, -0.2) is 39.6 Å². The maximum atomic E-state index is 12.2. The highest BCUT2D eigenvalue weighted by Crippen LogP contribution is 2.26. The Bertz CT molecular complexity index is 998. The van der Waals surface area contributed by atoms with Gasteiger partial charge in [0.1, 0.15) is 11.5 Å². The topological polar surface area (TPSA) is 86.2 Å². The van der Waals surface area contributed by atoms with E-state index in [0.717, 1.165) is 17.5 Å². The van der Waals surface area contributed by atoms with Crippen LogP contribution < -0.4 is 10.1 Å². The number of nitrogens with zero attached hydrogens (tertiary/aromatic N) is 3. The number of hydrogen-bond donors (Lipinski definition) is 1. The molecule has 1 N–H and O–H groups in total. The maximum Gasteiger partial charge on any atom is 0.573 e. The third-order valence-corrected chi connectivity index (χ3v) is 5.71. The van der Waals surface area contributed by atoms with Gasteiger partial charge in [-0.25, -0.2) is 19.7 Å². The summed E-state index contributed by atoms with van der Waals surface area (Å²) in [6.07, 6.45) is -1.05. The summed E-state index contributed by atoms with van der Waals surface area (Å²) in [6, 6.07) is 5.40. The number of carbonyl (C=O) groups is 1. The van der Waals surface area contributed by atoms with E-state index >= 15 is 0 Å². The molecule has 0 unspecified atom stereocenters. The van der Waals surface area contributed by atoms with Crippen LogP contribution in [0, 0.1) is 0 Å². The van der Waals surface area contributed by atoms with E-state index in [0.29, 0.717) is 34.4 Å². The van der Waals surface area contributed by atoms with E-state index in [4.69, 9.17) is 0 Å². The molecular weight excluding hydrogens is 460 g/mol. The van der Waals surface area contributed by atoms with E-state index in [2.05, 4.69) is 29.9 Å². The summed E-state index contributed by atoms with van der Waals surface area (Å²) < 4.78 is 52.8. The lowest BCUT2D eigenvalue weighted by molar-refractivity contribution is -0.274. The number of benzene rings is 1. The smallest absolute Gasteiger partial charge is 0.406 e. The Labute approximate surface area is 181 Å². The highest BCUT2D eigenvalue weighted by atomic mass is 32.2. The van der Waals surface area contributed by atoms with Gasteiger partial charge in [-0.05, 0) is 17.7 Å². The second-order valence-electron chi connectivity index (χ2n) is 5.89. The quantitative estimate of drug-likeness (QED) is 0.354. The molecule has 0 amide bonds. The van der Waals surface area contributed by atoms with Crippen LogP contribution in [0.4, 0.5) is 23.6 Å². The molecule has 1 aromatic carbocycles. The van der Waals surface area contributed by atoms with Gasteiger partial charge in [-0.15, -0.1) is 24.5 Å². The first-order chi connectivity index (χ1) is 14.8. The SMILES string of the molecule is O=C(CSc1nc(CCNc2ncc(-c3ccc(OC(F)(F)F)cc3)cn2)cs1)OF. The summed E-state index contributed by atoms with van der Waals surface area (Å²) in [5.74, 6) is -1.03. The zero-order chi connectivity index (χ0) is 22.3. The van der Waals surface area contributed by atoms with E-state index < -0.39 is 12.3 Å². The molecule has 13 heteroatoms. The molecule has 0 aliphatic rings. The van der Waals surface area contributed by atoms with Crippen molar-refractivity contribution >= 4 is 35.0 Å². The summed E-state index contributed by atoms with van der Waals surface area (Å²) in [7, 11) is 0. The summed E-state index contributed by atoms with van der Waals surface area (Å²) in [4.78, 5) is 26.6. The first-order valence-corrected chi connectivity index (χ1v) is 10.5. The van der Waals surface area contributed by atoms with Crippen molar-refractivity contribution in [3.63, 3.8) is 0 Å². The molecule has 0 radical (unpaired) electrons. The standard InChI is InChI=1S/C18H14F4N4O3S2/c19-18(20,21)28-14-3-1-11(2-4-14)12-7-24-16(25-8-12)23-6-5-13-9-30-17(26-13)31-10-15(27)29-22/h1-4,7-9H,5-6,10H2,(H,23,24,25). The van der Waals surface area contributed by atoms with E-state index in [9.17, 15) is 22.5 Å². The molecule has 2 heterocycles. The first kappa shape index (κ1) is 22.7. The minimum atomic E-state index is -4.74. The van der Waals surface area contributed by atoms with Gasteiger partial charge >= 0.3 is 12.3 Å². The van der Waals surface area contributed by atoms with Crippen molar-refractivity contribution in [3.8, 4) is 16.9 Å². The fraction of sp³-hybridized carbons (Fsp3) is 0.222. The molecule has 164 valence electrons. The fourth-order valence-electron chi connectivity index (χ4n) is 2.33. The number of nitrogens with one attached hydrogen (secondary N) is 1. The van der Waals surface area contributed by atoms with Gasteiger partial charge in [0.15, 0.2) is 4.34 Å².